The first kappa shape index (κ1) is 16.6. The number of nitrogens with one attached hydrogen (secondary N) is 1. The van der Waals surface area contributed by atoms with Gasteiger partial charge < -0.3 is 10.2 Å². The molecule has 132 valence electrons. The third-order valence-electron chi connectivity index (χ3n) is 5.30. The number of hydrogen-bond acceptors (Lipinski definition) is 2. The van der Waals surface area contributed by atoms with Crippen LogP contribution >= 0.6 is 15.9 Å². The number of likely N-dealkylation sites (tertiary alicyclic amines) is 1. The SMILES string of the molecule is CN=C(NC1CC1c1ccc(Br)cc1)N1CCC(c2cnn(C)c2)C1. The minimum atomic E-state index is 0.498. The number of halogens is 1. The molecule has 0 bridgehead atoms. The first-order chi connectivity index (χ1) is 12.1. The van der Waals surface area contributed by atoms with E-state index in [0.29, 0.717) is 17.9 Å². The highest BCUT2D eigenvalue weighted by molar-refractivity contribution is 9.10. The maximum Gasteiger partial charge on any atom is 0.193 e. The zero-order valence-corrected chi connectivity index (χ0v) is 16.3. The fourth-order valence-electron chi connectivity index (χ4n) is 3.77. The van der Waals surface area contributed by atoms with E-state index in [0.717, 1.165) is 29.9 Å². The molecular weight excluding hydrogens is 378 g/mol. The minimum Gasteiger partial charge on any atom is -0.353 e. The molecule has 1 saturated carbocycles. The summed E-state index contributed by atoms with van der Waals surface area (Å²) in [4.78, 5) is 6.91. The zero-order valence-electron chi connectivity index (χ0n) is 14.7. The van der Waals surface area contributed by atoms with Crippen LogP contribution in [0.5, 0.6) is 0 Å². The van der Waals surface area contributed by atoms with Crippen molar-refractivity contribution in [2.75, 3.05) is 20.1 Å². The van der Waals surface area contributed by atoms with Gasteiger partial charge in [0.15, 0.2) is 5.96 Å². The van der Waals surface area contributed by atoms with E-state index in [-0.39, 0.29) is 0 Å². The summed E-state index contributed by atoms with van der Waals surface area (Å²) in [5.74, 6) is 2.19. The fourth-order valence-corrected chi connectivity index (χ4v) is 4.04. The van der Waals surface area contributed by atoms with Gasteiger partial charge in [0.25, 0.3) is 0 Å². The monoisotopic (exact) mass is 401 g/mol. The summed E-state index contributed by atoms with van der Waals surface area (Å²) in [6.45, 7) is 2.07. The second-order valence-electron chi connectivity index (χ2n) is 7.07. The van der Waals surface area contributed by atoms with Crippen LogP contribution in [0.3, 0.4) is 0 Å². The third-order valence-corrected chi connectivity index (χ3v) is 5.83. The van der Waals surface area contributed by atoms with E-state index < -0.39 is 0 Å². The van der Waals surface area contributed by atoms with E-state index in [1.165, 1.54) is 17.5 Å². The van der Waals surface area contributed by atoms with Crippen LogP contribution in [-0.2, 0) is 7.05 Å². The molecule has 6 heteroatoms. The molecule has 3 unspecified atom stereocenters. The molecule has 2 fully saturated rings. The maximum absolute atomic E-state index is 4.53. The Morgan fingerprint density at radius 3 is 2.76 bits per heavy atom. The first-order valence-electron chi connectivity index (χ1n) is 8.86. The molecular formula is C19H24BrN5. The van der Waals surface area contributed by atoms with Crippen molar-refractivity contribution in [1.82, 2.24) is 20.0 Å². The number of benzene rings is 1. The molecule has 0 spiro atoms. The van der Waals surface area contributed by atoms with Crippen molar-refractivity contribution < 1.29 is 0 Å². The van der Waals surface area contributed by atoms with Crippen molar-refractivity contribution in [1.29, 1.82) is 0 Å². The lowest BCUT2D eigenvalue weighted by molar-refractivity contribution is 0.484. The predicted molar refractivity (Wildman–Crippen MR) is 104 cm³/mol. The van der Waals surface area contributed by atoms with Crippen molar-refractivity contribution in [3.05, 3.63) is 52.3 Å². The molecule has 4 rings (SSSR count). The number of hydrogen-bond donors (Lipinski definition) is 1. The largest absolute Gasteiger partial charge is 0.353 e. The summed E-state index contributed by atoms with van der Waals surface area (Å²) in [7, 11) is 3.86. The lowest BCUT2D eigenvalue weighted by Crippen LogP contribution is -2.41. The zero-order chi connectivity index (χ0) is 17.4. The Hall–Kier alpha value is -1.82. The van der Waals surface area contributed by atoms with Gasteiger partial charge in [0, 0.05) is 55.7 Å². The molecule has 1 N–H and O–H groups in total. The third kappa shape index (κ3) is 3.59. The molecule has 1 aromatic heterocycles. The predicted octanol–water partition coefficient (Wildman–Crippen LogP) is 3.10. The van der Waals surface area contributed by atoms with Gasteiger partial charge in [0.1, 0.15) is 0 Å². The highest BCUT2D eigenvalue weighted by Gasteiger charge is 2.40. The number of rotatable bonds is 3. The van der Waals surface area contributed by atoms with E-state index in [1.54, 1.807) is 0 Å². The van der Waals surface area contributed by atoms with Gasteiger partial charge in [-0.05, 0) is 36.1 Å². The summed E-state index contributed by atoms with van der Waals surface area (Å²) >= 11 is 3.51. The smallest absolute Gasteiger partial charge is 0.193 e. The summed E-state index contributed by atoms with van der Waals surface area (Å²) in [6, 6.07) is 9.18. The van der Waals surface area contributed by atoms with Gasteiger partial charge in [-0.25, -0.2) is 0 Å². The van der Waals surface area contributed by atoms with Crippen LogP contribution in [0, 0.1) is 0 Å². The second-order valence-corrected chi connectivity index (χ2v) is 7.99. The molecule has 2 aromatic rings. The minimum absolute atomic E-state index is 0.498. The topological polar surface area (TPSA) is 45.5 Å². The Bertz CT molecular complexity index is 766. The molecule has 1 aliphatic carbocycles. The maximum atomic E-state index is 4.53. The molecule has 1 saturated heterocycles. The van der Waals surface area contributed by atoms with Crippen LogP contribution in [0.2, 0.25) is 0 Å². The number of aliphatic imine (C=N–C) groups is 1. The molecule has 5 nitrogen and oxygen atoms in total. The van der Waals surface area contributed by atoms with Crippen molar-refractivity contribution in [2.24, 2.45) is 12.0 Å². The van der Waals surface area contributed by atoms with Crippen molar-refractivity contribution in [2.45, 2.75) is 30.7 Å². The van der Waals surface area contributed by atoms with E-state index in [1.807, 2.05) is 25.0 Å². The first-order valence-corrected chi connectivity index (χ1v) is 9.65. The number of guanidine groups is 1. The van der Waals surface area contributed by atoms with Crippen LogP contribution in [0.25, 0.3) is 0 Å². The van der Waals surface area contributed by atoms with E-state index >= 15 is 0 Å². The number of aryl methyl sites for hydroxylation is 1. The Labute approximate surface area is 157 Å². The van der Waals surface area contributed by atoms with Gasteiger partial charge in [-0.15, -0.1) is 0 Å². The van der Waals surface area contributed by atoms with E-state index in [4.69, 9.17) is 0 Å². The Balaban J connectivity index is 1.35. The van der Waals surface area contributed by atoms with Gasteiger partial charge in [-0.1, -0.05) is 28.1 Å². The quantitative estimate of drug-likeness (QED) is 0.634. The second kappa shape index (κ2) is 6.83. The molecule has 1 aromatic carbocycles. The fraction of sp³-hybridized carbons (Fsp3) is 0.474. The summed E-state index contributed by atoms with van der Waals surface area (Å²) in [6.07, 6.45) is 6.47. The number of nitrogens with zero attached hydrogens (tertiary/aromatic N) is 4. The van der Waals surface area contributed by atoms with Gasteiger partial charge in [0.05, 0.1) is 6.20 Å². The summed E-state index contributed by atoms with van der Waals surface area (Å²) in [5.41, 5.74) is 2.74. The average molecular weight is 402 g/mol. The standard InChI is InChI=1S/C19H24BrN5/c1-21-19(23-18-9-17(18)13-3-5-16(20)6-4-13)25-8-7-14(12-25)15-10-22-24(2)11-15/h3-6,10-11,14,17-18H,7-9,12H2,1-2H3,(H,21,23). The van der Waals surface area contributed by atoms with E-state index in [2.05, 4.69) is 66.7 Å². The molecule has 2 heterocycles. The van der Waals surface area contributed by atoms with Crippen molar-refractivity contribution in [3.8, 4) is 0 Å². The molecule has 1 aliphatic heterocycles. The highest BCUT2D eigenvalue weighted by atomic mass is 79.9. The van der Waals surface area contributed by atoms with Crippen LogP contribution in [0.4, 0.5) is 0 Å². The van der Waals surface area contributed by atoms with Crippen molar-refractivity contribution >= 4 is 21.9 Å². The average Bonchev–Trinajstić information content (AvgIpc) is 3.00. The van der Waals surface area contributed by atoms with Crippen molar-refractivity contribution in [3.63, 3.8) is 0 Å². The van der Waals surface area contributed by atoms with Crippen LogP contribution in [-0.4, -0.2) is 46.8 Å². The van der Waals surface area contributed by atoms with Crippen LogP contribution in [0.15, 0.2) is 46.1 Å². The van der Waals surface area contributed by atoms with Gasteiger partial charge in [0.2, 0.25) is 0 Å². The Morgan fingerprint density at radius 2 is 2.08 bits per heavy atom. The summed E-state index contributed by atoms with van der Waals surface area (Å²) < 4.78 is 3.02. The Kier molecular flexibility index (Phi) is 4.54. The molecule has 25 heavy (non-hydrogen) atoms. The van der Waals surface area contributed by atoms with Crippen LogP contribution in [0.1, 0.15) is 35.8 Å². The molecule has 2 aliphatic rings. The molecule has 0 amide bonds. The molecule has 0 radical (unpaired) electrons. The van der Waals surface area contributed by atoms with Gasteiger partial charge >= 0.3 is 0 Å². The van der Waals surface area contributed by atoms with E-state index in [9.17, 15) is 0 Å². The normalized spacial score (nSPS) is 26.1. The lowest BCUT2D eigenvalue weighted by Gasteiger charge is -2.21. The highest BCUT2D eigenvalue weighted by Crippen LogP contribution is 2.41. The lowest BCUT2D eigenvalue weighted by atomic mass is 10.0. The summed E-state index contributed by atoms with van der Waals surface area (Å²) in [5, 5.41) is 7.97. The van der Waals surface area contributed by atoms with Gasteiger partial charge in [-0.2, -0.15) is 5.10 Å². The van der Waals surface area contributed by atoms with Crippen LogP contribution < -0.4 is 5.32 Å². The Morgan fingerprint density at radius 1 is 1.28 bits per heavy atom. The number of aromatic nitrogens is 2. The van der Waals surface area contributed by atoms with Gasteiger partial charge in [-0.3, -0.25) is 9.67 Å². The molecule has 3 atom stereocenters.